The second kappa shape index (κ2) is 6.14. The van der Waals surface area contributed by atoms with Crippen molar-refractivity contribution in [3.63, 3.8) is 0 Å². The predicted molar refractivity (Wildman–Crippen MR) is 78.0 cm³/mol. The van der Waals surface area contributed by atoms with E-state index in [9.17, 15) is 10.1 Å². The van der Waals surface area contributed by atoms with Crippen LogP contribution >= 0.6 is 0 Å². The van der Waals surface area contributed by atoms with E-state index in [2.05, 4.69) is 5.10 Å². The van der Waals surface area contributed by atoms with Gasteiger partial charge in [0.15, 0.2) is 0 Å². The summed E-state index contributed by atoms with van der Waals surface area (Å²) in [7, 11) is 0. The average Bonchev–Trinajstić information content (AvgIpc) is 2.92. The molecule has 0 atom stereocenters. The van der Waals surface area contributed by atoms with E-state index in [0.717, 1.165) is 11.3 Å². The third kappa shape index (κ3) is 3.54. The first kappa shape index (κ1) is 14.0. The molecule has 0 fully saturated rings. The molecular formula is C15H17N3O2. The van der Waals surface area contributed by atoms with Crippen molar-refractivity contribution in [3.8, 4) is 5.69 Å². The molecule has 0 unspecified atom stereocenters. The largest absolute Gasteiger partial charge is 0.259 e. The molecule has 0 amide bonds. The Hall–Kier alpha value is -2.43. The van der Waals surface area contributed by atoms with Gasteiger partial charge in [-0.2, -0.15) is 5.10 Å². The molecule has 0 bridgehead atoms. The molecule has 0 N–H and O–H groups in total. The Balaban J connectivity index is 2.22. The Kier molecular flexibility index (Phi) is 4.30. The van der Waals surface area contributed by atoms with Crippen molar-refractivity contribution in [2.75, 3.05) is 0 Å². The molecule has 104 valence electrons. The maximum absolute atomic E-state index is 11.0. The van der Waals surface area contributed by atoms with E-state index in [0.29, 0.717) is 6.42 Å². The Morgan fingerprint density at radius 3 is 2.60 bits per heavy atom. The molecule has 1 aromatic carbocycles. The predicted octanol–water partition coefficient (Wildman–Crippen LogP) is 3.54. The van der Waals surface area contributed by atoms with Gasteiger partial charge in [-0.1, -0.05) is 26.0 Å². The van der Waals surface area contributed by atoms with Gasteiger partial charge >= 0.3 is 0 Å². The van der Waals surface area contributed by atoms with E-state index >= 15 is 0 Å². The Morgan fingerprint density at radius 2 is 2.10 bits per heavy atom. The maximum atomic E-state index is 11.0. The molecule has 2 aromatic rings. The molecule has 0 spiro atoms. The molecule has 2 rings (SSSR count). The number of nitrogens with zero attached hydrogens (tertiary/aromatic N) is 3. The van der Waals surface area contributed by atoms with Crippen LogP contribution in [-0.4, -0.2) is 14.7 Å². The van der Waals surface area contributed by atoms with Crippen LogP contribution in [0.2, 0.25) is 0 Å². The number of hydrogen-bond acceptors (Lipinski definition) is 3. The fraction of sp³-hybridized carbons (Fsp3) is 0.267. The highest BCUT2D eigenvalue weighted by atomic mass is 16.6. The van der Waals surface area contributed by atoms with Crippen LogP contribution in [0.1, 0.15) is 25.8 Å². The second-order valence-electron chi connectivity index (χ2n) is 5.03. The molecule has 0 aliphatic carbocycles. The van der Waals surface area contributed by atoms with Crippen LogP contribution in [0.5, 0.6) is 0 Å². The summed E-state index contributed by atoms with van der Waals surface area (Å²) in [5.41, 5.74) is 2.00. The fourth-order valence-corrected chi connectivity index (χ4v) is 1.94. The molecule has 5 nitrogen and oxygen atoms in total. The Labute approximate surface area is 117 Å². The van der Waals surface area contributed by atoms with E-state index in [4.69, 9.17) is 0 Å². The number of allylic oxidation sites excluding steroid dienone is 1. The summed E-state index contributed by atoms with van der Waals surface area (Å²) in [4.78, 5) is 10.7. The fourth-order valence-electron chi connectivity index (χ4n) is 1.94. The zero-order valence-electron chi connectivity index (χ0n) is 11.6. The van der Waals surface area contributed by atoms with Gasteiger partial charge in [-0.15, -0.1) is 0 Å². The summed E-state index contributed by atoms with van der Waals surface area (Å²) >= 11 is 0. The molecule has 1 heterocycles. The van der Waals surface area contributed by atoms with Gasteiger partial charge in [0.1, 0.15) is 0 Å². The number of nitro groups is 1. The molecule has 5 heteroatoms. The van der Waals surface area contributed by atoms with Gasteiger partial charge in [-0.3, -0.25) is 10.1 Å². The third-order valence-corrected chi connectivity index (χ3v) is 2.85. The van der Waals surface area contributed by atoms with Gasteiger partial charge in [0.25, 0.3) is 0 Å². The third-order valence-electron chi connectivity index (χ3n) is 2.85. The molecule has 0 aliphatic rings. The van der Waals surface area contributed by atoms with Crippen molar-refractivity contribution >= 4 is 6.08 Å². The standard InChI is InChI=1S/C15H17N3O2/c1-12(2)10-15(18(19)20)11-13-4-6-14(7-5-13)17-9-3-8-16-17/h3-9,11-12H,10H2,1-2H3. The first-order valence-electron chi connectivity index (χ1n) is 6.51. The summed E-state index contributed by atoms with van der Waals surface area (Å²) in [6.45, 7) is 3.94. The van der Waals surface area contributed by atoms with Crippen LogP contribution in [0.4, 0.5) is 0 Å². The normalized spacial score (nSPS) is 11.8. The van der Waals surface area contributed by atoms with Gasteiger partial charge < -0.3 is 0 Å². The van der Waals surface area contributed by atoms with Crippen molar-refractivity contribution in [1.82, 2.24) is 9.78 Å². The Bertz CT molecular complexity index is 599. The van der Waals surface area contributed by atoms with Crippen LogP contribution in [-0.2, 0) is 0 Å². The van der Waals surface area contributed by atoms with Crippen LogP contribution in [0.25, 0.3) is 11.8 Å². The number of aromatic nitrogens is 2. The lowest BCUT2D eigenvalue weighted by atomic mass is 10.1. The molecule has 0 aliphatic heterocycles. The van der Waals surface area contributed by atoms with Crippen molar-refractivity contribution < 1.29 is 4.92 Å². The maximum Gasteiger partial charge on any atom is 0.247 e. The first-order valence-corrected chi connectivity index (χ1v) is 6.51. The number of hydrogen-bond donors (Lipinski definition) is 0. The van der Waals surface area contributed by atoms with Crippen LogP contribution in [0.15, 0.2) is 48.4 Å². The molecule has 1 aromatic heterocycles. The van der Waals surface area contributed by atoms with E-state index in [1.54, 1.807) is 17.0 Å². The summed E-state index contributed by atoms with van der Waals surface area (Å²) in [5.74, 6) is 0.259. The highest BCUT2D eigenvalue weighted by Crippen LogP contribution is 2.17. The lowest BCUT2D eigenvalue weighted by molar-refractivity contribution is -0.427. The van der Waals surface area contributed by atoms with Crippen molar-refractivity contribution in [3.05, 3.63) is 64.1 Å². The second-order valence-corrected chi connectivity index (χ2v) is 5.03. The van der Waals surface area contributed by atoms with Crippen LogP contribution in [0.3, 0.4) is 0 Å². The summed E-state index contributed by atoms with van der Waals surface area (Å²) in [6, 6.07) is 9.36. The zero-order valence-corrected chi connectivity index (χ0v) is 11.6. The van der Waals surface area contributed by atoms with Crippen molar-refractivity contribution in [1.29, 1.82) is 0 Å². The lowest BCUT2D eigenvalue weighted by Gasteiger charge is -2.04. The molecule has 20 heavy (non-hydrogen) atoms. The highest BCUT2D eigenvalue weighted by molar-refractivity contribution is 5.53. The minimum absolute atomic E-state index is 0.242. The zero-order chi connectivity index (χ0) is 14.5. The molecule has 0 saturated carbocycles. The highest BCUT2D eigenvalue weighted by Gasteiger charge is 2.12. The van der Waals surface area contributed by atoms with Gasteiger partial charge in [0.05, 0.1) is 10.6 Å². The smallest absolute Gasteiger partial charge is 0.247 e. The van der Waals surface area contributed by atoms with Gasteiger partial charge in [0, 0.05) is 24.9 Å². The minimum Gasteiger partial charge on any atom is -0.259 e. The first-order chi connectivity index (χ1) is 9.56. The van der Waals surface area contributed by atoms with Crippen LogP contribution in [0, 0.1) is 16.0 Å². The van der Waals surface area contributed by atoms with Gasteiger partial charge in [-0.05, 0) is 29.7 Å². The average molecular weight is 271 g/mol. The molecule has 0 saturated heterocycles. The van der Waals surface area contributed by atoms with E-state index in [-0.39, 0.29) is 16.5 Å². The quantitative estimate of drug-likeness (QED) is 0.617. The SMILES string of the molecule is CC(C)CC(=Cc1ccc(-n2cccn2)cc1)[N+](=O)[O-]. The lowest BCUT2D eigenvalue weighted by Crippen LogP contribution is -2.02. The monoisotopic (exact) mass is 271 g/mol. The number of benzene rings is 1. The van der Waals surface area contributed by atoms with E-state index in [1.165, 1.54) is 0 Å². The van der Waals surface area contributed by atoms with Gasteiger partial charge in [0.2, 0.25) is 5.70 Å². The molecular weight excluding hydrogens is 254 g/mol. The summed E-state index contributed by atoms with van der Waals surface area (Å²) in [5, 5.41) is 15.2. The Morgan fingerprint density at radius 1 is 1.40 bits per heavy atom. The van der Waals surface area contributed by atoms with Gasteiger partial charge in [-0.25, -0.2) is 4.68 Å². The summed E-state index contributed by atoms with van der Waals surface area (Å²) < 4.78 is 1.75. The minimum atomic E-state index is -0.304. The topological polar surface area (TPSA) is 61.0 Å². The van der Waals surface area contributed by atoms with Crippen molar-refractivity contribution in [2.24, 2.45) is 5.92 Å². The van der Waals surface area contributed by atoms with E-state index in [1.807, 2.05) is 50.4 Å². The number of rotatable bonds is 5. The van der Waals surface area contributed by atoms with E-state index < -0.39 is 0 Å². The van der Waals surface area contributed by atoms with Crippen molar-refractivity contribution in [2.45, 2.75) is 20.3 Å². The summed E-state index contributed by atoms with van der Waals surface area (Å²) in [6.07, 6.45) is 5.66. The molecule has 0 radical (unpaired) electrons. The van der Waals surface area contributed by atoms with Crippen LogP contribution < -0.4 is 0 Å².